The molecule has 1 aromatic heterocycles. The molecule has 0 saturated carbocycles. The number of benzene rings is 1. The molecule has 1 saturated heterocycles. The number of ether oxygens (including phenoxy) is 1. The molecular formula is C25H38N6O4. The van der Waals surface area contributed by atoms with Crippen LogP contribution in [-0.2, 0) is 11.3 Å². The van der Waals surface area contributed by atoms with Crippen LogP contribution >= 0.6 is 0 Å². The second-order valence-electron chi connectivity index (χ2n) is 9.33. The number of anilines is 3. The van der Waals surface area contributed by atoms with Crippen molar-refractivity contribution in [1.29, 1.82) is 0 Å². The largest absolute Gasteiger partial charge is 0.495 e. The van der Waals surface area contributed by atoms with E-state index >= 15 is 0 Å². The van der Waals surface area contributed by atoms with Crippen molar-refractivity contribution in [3.63, 3.8) is 0 Å². The average Bonchev–Trinajstić information content (AvgIpc) is 2.84. The lowest BCUT2D eigenvalue weighted by Gasteiger charge is -2.37. The average molecular weight is 487 g/mol. The Morgan fingerprint density at radius 3 is 2.49 bits per heavy atom. The second-order valence-corrected chi connectivity index (χ2v) is 9.33. The zero-order valence-corrected chi connectivity index (χ0v) is 21.2. The number of carbonyl (C=O) groups is 1. The van der Waals surface area contributed by atoms with Gasteiger partial charge in [0.25, 0.3) is 5.56 Å². The summed E-state index contributed by atoms with van der Waals surface area (Å²) in [6, 6.07) is 7.91. The van der Waals surface area contributed by atoms with E-state index in [0.29, 0.717) is 26.2 Å². The quantitative estimate of drug-likeness (QED) is 0.525. The molecule has 10 nitrogen and oxygen atoms in total. The highest BCUT2D eigenvalue weighted by molar-refractivity contribution is 5.96. The molecular weight excluding hydrogens is 448 g/mol. The van der Waals surface area contributed by atoms with Crippen LogP contribution in [0.25, 0.3) is 0 Å². The third kappa shape index (κ3) is 6.25. The lowest BCUT2D eigenvalue weighted by Crippen LogP contribution is -2.51. The summed E-state index contributed by atoms with van der Waals surface area (Å²) in [5.74, 6) is 0.816. The summed E-state index contributed by atoms with van der Waals surface area (Å²) in [5.41, 5.74) is 6.23. The molecule has 10 heteroatoms. The van der Waals surface area contributed by atoms with Crippen LogP contribution in [-0.4, -0.2) is 66.7 Å². The molecule has 1 aliphatic heterocycles. The molecule has 0 aliphatic carbocycles. The van der Waals surface area contributed by atoms with Crippen molar-refractivity contribution in [2.45, 2.75) is 40.2 Å². The van der Waals surface area contributed by atoms with E-state index in [0.717, 1.165) is 37.4 Å². The number of piperazine rings is 1. The van der Waals surface area contributed by atoms with Crippen molar-refractivity contribution in [3.8, 4) is 5.75 Å². The summed E-state index contributed by atoms with van der Waals surface area (Å²) in [6.45, 7) is 9.74. The first kappa shape index (κ1) is 26.3. The maximum absolute atomic E-state index is 13.4. The smallest absolute Gasteiger partial charge is 0.330 e. The van der Waals surface area contributed by atoms with E-state index in [1.165, 1.54) is 9.47 Å². The zero-order chi connectivity index (χ0) is 25.5. The van der Waals surface area contributed by atoms with Gasteiger partial charge in [0.05, 0.1) is 19.3 Å². The first-order valence-electron chi connectivity index (χ1n) is 12.3. The Kier molecular flexibility index (Phi) is 8.97. The minimum atomic E-state index is -0.627. The van der Waals surface area contributed by atoms with Crippen molar-refractivity contribution in [2.75, 3.05) is 61.9 Å². The Morgan fingerprint density at radius 1 is 1.17 bits per heavy atom. The van der Waals surface area contributed by atoms with E-state index < -0.39 is 11.2 Å². The number of rotatable bonds is 10. The number of nitrogens with zero attached hydrogens (tertiary/aromatic N) is 4. The van der Waals surface area contributed by atoms with E-state index in [-0.39, 0.29) is 29.9 Å². The van der Waals surface area contributed by atoms with Crippen LogP contribution in [0.4, 0.5) is 17.2 Å². The number of hydrogen-bond acceptors (Lipinski definition) is 7. The van der Waals surface area contributed by atoms with Crippen LogP contribution in [0.15, 0.2) is 33.9 Å². The van der Waals surface area contributed by atoms with Gasteiger partial charge in [-0.15, -0.1) is 0 Å². The van der Waals surface area contributed by atoms with Crippen molar-refractivity contribution in [1.82, 2.24) is 14.5 Å². The number of hydrogen-bond donors (Lipinski definition) is 2. The van der Waals surface area contributed by atoms with Gasteiger partial charge in [-0.3, -0.25) is 24.0 Å². The van der Waals surface area contributed by atoms with Gasteiger partial charge in [0.2, 0.25) is 5.91 Å². The molecule has 3 N–H and O–H groups in total. The molecule has 35 heavy (non-hydrogen) atoms. The van der Waals surface area contributed by atoms with Crippen LogP contribution in [0.5, 0.6) is 5.75 Å². The van der Waals surface area contributed by atoms with Crippen molar-refractivity contribution < 1.29 is 9.53 Å². The summed E-state index contributed by atoms with van der Waals surface area (Å²) in [7, 11) is 1.66. The maximum Gasteiger partial charge on any atom is 0.330 e. The zero-order valence-electron chi connectivity index (χ0n) is 21.2. The molecule has 1 aliphatic rings. The summed E-state index contributed by atoms with van der Waals surface area (Å²) in [6.07, 6.45) is 1.57. The fraction of sp³-hybridized carbons (Fsp3) is 0.560. The number of carbonyl (C=O) groups excluding carboxylic acids is 1. The minimum Gasteiger partial charge on any atom is -0.495 e. The van der Waals surface area contributed by atoms with E-state index in [4.69, 9.17) is 10.5 Å². The first-order valence-corrected chi connectivity index (χ1v) is 12.3. The van der Waals surface area contributed by atoms with Gasteiger partial charge in [0.15, 0.2) is 5.69 Å². The van der Waals surface area contributed by atoms with Crippen molar-refractivity contribution >= 4 is 23.1 Å². The fourth-order valence-electron chi connectivity index (χ4n) is 4.38. The van der Waals surface area contributed by atoms with E-state index in [9.17, 15) is 14.4 Å². The molecule has 1 amide bonds. The topological polar surface area (TPSA) is 117 Å². The number of H-pyrrole nitrogens is 1. The molecule has 3 rings (SSSR count). The summed E-state index contributed by atoms with van der Waals surface area (Å²) >= 11 is 0. The van der Waals surface area contributed by atoms with Crippen LogP contribution < -0.4 is 31.5 Å². The molecule has 0 spiro atoms. The molecule has 1 fully saturated rings. The lowest BCUT2D eigenvalue weighted by molar-refractivity contribution is -0.119. The van der Waals surface area contributed by atoms with Gasteiger partial charge in [-0.1, -0.05) is 39.3 Å². The number of unbranched alkanes of at least 4 members (excludes halogenated alkanes) is 1. The number of aromatic nitrogens is 2. The normalized spacial score (nSPS) is 14.4. The molecule has 2 aromatic rings. The standard InChI is InChI=1S/C25H38N6O4/c1-5-6-11-30(22-23(26)31(16-18(2)3)25(34)27-24(22)33)21(32)17-28-12-14-29(15-13-28)19-9-7-8-10-20(19)35-4/h7-10,18H,5-6,11-17,26H2,1-4H3,(H,27,33,34). The number of nitrogens with two attached hydrogens (primary N) is 1. The third-order valence-corrected chi connectivity index (χ3v) is 6.23. The monoisotopic (exact) mass is 486 g/mol. The summed E-state index contributed by atoms with van der Waals surface area (Å²) in [5, 5.41) is 0. The Bertz CT molecular complexity index is 1120. The van der Waals surface area contributed by atoms with Crippen LogP contribution in [0.2, 0.25) is 0 Å². The lowest BCUT2D eigenvalue weighted by atomic mass is 10.2. The predicted molar refractivity (Wildman–Crippen MR) is 139 cm³/mol. The number of methoxy groups -OCH3 is 1. The van der Waals surface area contributed by atoms with Gasteiger partial charge >= 0.3 is 5.69 Å². The number of nitrogen functional groups attached to an aromatic ring is 1. The first-order chi connectivity index (χ1) is 16.8. The predicted octanol–water partition coefficient (Wildman–Crippen LogP) is 1.74. The van der Waals surface area contributed by atoms with Gasteiger partial charge in [-0.25, -0.2) is 4.79 Å². The second kappa shape index (κ2) is 11.9. The molecule has 0 radical (unpaired) electrons. The summed E-state index contributed by atoms with van der Waals surface area (Å²) in [4.78, 5) is 46.7. The van der Waals surface area contributed by atoms with Gasteiger partial charge in [-0.2, -0.15) is 0 Å². The van der Waals surface area contributed by atoms with Gasteiger partial charge in [0, 0.05) is 39.3 Å². The molecule has 0 unspecified atom stereocenters. The molecule has 1 aromatic carbocycles. The van der Waals surface area contributed by atoms with Gasteiger partial charge < -0.3 is 20.3 Å². The Morgan fingerprint density at radius 2 is 1.86 bits per heavy atom. The van der Waals surface area contributed by atoms with E-state index in [1.54, 1.807) is 7.11 Å². The highest BCUT2D eigenvalue weighted by Crippen LogP contribution is 2.28. The van der Waals surface area contributed by atoms with E-state index in [1.807, 2.05) is 45.0 Å². The number of para-hydroxylation sites is 2. The van der Waals surface area contributed by atoms with Crippen LogP contribution in [0.1, 0.15) is 33.6 Å². The summed E-state index contributed by atoms with van der Waals surface area (Å²) < 4.78 is 6.83. The molecule has 0 atom stereocenters. The van der Waals surface area contributed by atoms with Crippen LogP contribution in [0, 0.1) is 5.92 Å². The van der Waals surface area contributed by atoms with Crippen molar-refractivity contribution in [2.24, 2.45) is 5.92 Å². The number of amides is 1. The Labute approximate surface area is 206 Å². The Hall–Kier alpha value is -3.27. The maximum atomic E-state index is 13.4. The van der Waals surface area contributed by atoms with Crippen molar-refractivity contribution in [3.05, 3.63) is 45.1 Å². The van der Waals surface area contributed by atoms with Gasteiger partial charge in [-0.05, 0) is 24.5 Å². The Balaban J connectivity index is 1.77. The highest BCUT2D eigenvalue weighted by Gasteiger charge is 2.27. The fourth-order valence-corrected chi connectivity index (χ4v) is 4.38. The van der Waals surface area contributed by atoms with Crippen LogP contribution in [0.3, 0.4) is 0 Å². The minimum absolute atomic E-state index is 0.0397. The number of aromatic amines is 1. The molecule has 192 valence electrons. The molecule has 0 bridgehead atoms. The number of nitrogens with one attached hydrogen (secondary N) is 1. The van der Waals surface area contributed by atoms with E-state index in [2.05, 4.69) is 14.8 Å². The SMILES string of the molecule is CCCCN(C(=O)CN1CCN(c2ccccc2OC)CC1)c1c(N)n(CC(C)C)c(=O)[nH]c1=O. The molecule has 2 heterocycles. The van der Waals surface area contributed by atoms with Gasteiger partial charge in [0.1, 0.15) is 11.6 Å². The third-order valence-electron chi connectivity index (χ3n) is 6.23. The highest BCUT2D eigenvalue weighted by atomic mass is 16.5.